The molecule has 0 aromatic heterocycles. The van der Waals surface area contributed by atoms with Crippen LogP contribution in [0.3, 0.4) is 0 Å². The van der Waals surface area contributed by atoms with Crippen LogP contribution < -0.4 is 0 Å². The molecule has 23 heavy (non-hydrogen) atoms. The van der Waals surface area contributed by atoms with Gasteiger partial charge in [-0.3, -0.25) is 0 Å². The van der Waals surface area contributed by atoms with Crippen molar-refractivity contribution in [2.24, 2.45) is 0 Å². The molecule has 0 aliphatic rings. The van der Waals surface area contributed by atoms with E-state index in [-0.39, 0.29) is 5.60 Å². The van der Waals surface area contributed by atoms with E-state index in [2.05, 4.69) is 20.4 Å². The molecule has 0 spiro atoms. The first-order valence-corrected chi connectivity index (χ1v) is 9.98. The average molecular weight is 327 g/mol. The van der Waals surface area contributed by atoms with Crippen molar-refractivity contribution in [3.63, 3.8) is 0 Å². The van der Waals surface area contributed by atoms with Gasteiger partial charge in [0, 0.05) is 7.11 Å². The second-order valence-electron chi connectivity index (χ2n) is 6.83. The molecule has 0 bridgehead atoms. The summed E-state index contributed by atoms with van der Waals surface area (Å²) in [5.74, 6) is 0. The number of hydrogen-bond donors (Lipinski definition) is 0. The third kappa shape index (κ3) is 12.7. The lowest BCUT2D eigenvalue weighted by Crippen LogP contribution is -2.36. The molecule has 2 heteroatoms. The van der Waals surface area contributed by atoms with Crippen LogP contribution in [0.15, 0.2) is 12.7 Å². The topological polar surface area (TPSA) is 18.5 Å². The molecule has 0 aliphatic carbocycles. The fourth-order valence-corrected chi connectivity index (χ4v) is 3.10. The van der Waals surface area contributed by atoms with E-state index in [9.17, 15) is 0 Å². The summed E-state index contributed by atoms with van der Waals surface area (Å²) in [5, 5.41) is 0. The fraction of sp³-hybridized carbons (Fsp3) is 0.905. The Morgan fingerprint density at radius 2 is 1.35 bits per heavy atom. The number of methoxy groups -OCH3 is 1. The van der Waals surface area contributed by atoms with Crippen molar-refractivity contribution < 1.29 is 9.47 Å². The Bertz CT molecular complexity index is 246. The van der Waals surface area contributed by atoms with Crippen LogP contribution in [-0.2, 0) is 9.47 Å². The SMILES string of the molecule is C=CCOCC(CC)(CCCCCCCCCCCCC)OC. The first-order valence-electron chi connectivity index (χ1n) is 9.98. The summed E-state index contributed by atoms with van der Waals surface area (Å²) in [6.07, 6.45) is 19.2. The molecule has 0 saturated carbocycles. The summed E-state index contributed by atoms with van der Waals surface area (Å²) in [4.78, 5) is 0. The summed E-state index contributed by atoms with van der Waals surface area (Å²) in [6.45, 7) is 9.47. The van der Waals surface area contributed by atoms with Gasteiger partial charge < -0.3 is 9.47 Å². The normalized spacial score (nSPS) is 13.9. The molecule has 0 aliphatic heterocycles. The minimum atomic E-state index is -0.0950. The van der Waals surface area contributed by atoms with Crippen LogP contribution in [0.4, 0.5) is 0 Å². The van der Waals surface area contributed by atoms with E-state index in [1.165, 1.54) is 70.6 Å². The fourth-order valence-electron chi connectivity index (χ4n) is 3.10. The molecule has 0 N–H and O–H groups in total. The van der Waals surface area contributed by atoms with E-state index in [1.54, 1.807) is 6.08 Å². The third-order valence-corrected chi connectivity index (χ3v) is 4.91. The van der Waals surface area contributed by atoms with Gasteiger partial charge in [0.2, 0.25) is 0 Å². The van der Waals surface area contributed by atoms with Gasteiger partial charge in [-0.05, 0) is 12.8 Å². The van der Waals surface area contributed by atoms with E-state index in [4.69, 9.17) is 9.47 Å². The molecular weight excluding hydrogens is 284 g/mol. The van der Waals surface area contributed by atoms with Crippen molar-refractivity contribution in [3.8, 4) is 0 Å². The zero-order valence-corrected chi connectivity index (χ0v) is 16.2. The van der Waals surface area contributed by atoms with Gasteiger partial charge in [0.1, 0.15) is 0 Å². The van der Waals surface area contributed by atoms with Crippen molar-refractivity contribution in [1.82, 2.24) is 0 Å². The maximum atomic E-state index is 5.77. The van der Waals surface area contributed by atoms with E-state index in [0.29, 0.717) is 13.2 Å². The summed E-state index contributed by atoms with van der Waals surface area (Å²) < 4.78 is 11.4. The van der Waals surface area contributed by atoms with E-state index >= 15 is 0 Å². The molecule has 138 valence electrons. The number of hydrogen-bond acceptors (Lipinski definition) is 2. The van der Waals surface area contributed by atoms with E-state index in [1.807, 2.05) is 7.11 Å². The zero-order valence-electron chi connectivity index (χ0n) is 16.2. The van der Waals surface area contributed by atoms with Crippen molar-refractivity contribution in [3.05, 3.63) is 12.7 Å². The monoisotopic (exact) mass is 326 g/mol. The first kappa shape index (κ1) is 22.7. The van der Waals surface area contributed by atoms with Gasteiger partial charge in [0.15, 0.2) is 0 Å². The van der Waals surface area contributed by atoms with Gasteiger partial charge in [-0.2, -0.15) is 0 Å². The van der Waals surface area contributed by atoms with Crippen LogP contribution in [0.5, 0.6) is 0 Å². The predicted molar refractivity (Wildman–Crippen MR) is 102 cm³/mol. The molecule has 2 nitrogen and oxygen atoms in total. The van der Waals surface area contributed by atoms with Crippen molar-refractivity contribution >= 4 is 0 Å². The lowest BCUT2D eigenvalue weighted by atomic mass is 9.93. The second-order valence-corrected chi connectivity index (χ2v) is 6.83. The quantitative estimate of drug-likeness (QED) is 0.206. The molecule has 0 rings (SSSR count). The van der Waals surface area contributed by atoms with Gasteiger partial charge in [0.05, 0.1) is 18.8 Å². The van der Waals surface area contributed by atoms with Gasteiger partial charge >= 0.3 is 0 Å². The van der Waals surface area contributed by atoms with Crippen molar-refractivity contribution in [2.45, 2.75) is 103 Å². The molecule has 0 radical (unpaired) electrons. The lowest BCUT2D eigenvalue weighted by Gasteiger charge is -2.31. The second kappa shape index (κ2) is 16.5. The van der Waals surface area contributed by atoms with Crippen molar-refractivity contribution in [1.29, 1.82) is 0 Å². The summed E-state index contributed by atoms with van der Waals surface area (Å²) in [5.41, 5.74) is -0.0950. The minimum absolute atomic E-state index is 0.0950. The summed E-state index contributed by atoms with van der Waals surface area (Å²) in [6, 6.07) is 0. The maximum Gasteiger partial charge on any atom is 0.0908 e. The van der Waals surface area contributed by atoms with Gasteiger partial charge in [0.25, 0.3) is 0 Å². The molecule has 1 atom stereocenters. The lowest BCUT2D eigenvalue weighted by molar-refractivity contribution is -0.0791. The molecule has 0 amide bonds. The Labute approximate surface area is 146 Å². The van der Waals surface area contributed by atoms with Crippen LogP contribution in [0, 0.1) is 0 Å². The van der Waals surface area contributed by atoms with Crippen LogP contribution in [0.25, 0.3) is 0 Å². The third-order valence-electron chi connectivity index (χ3n) is 4.91. The summed E-state index contributed by atoms with van der Waals surface area (Å²) in [7, 11) is 1.82. The Kier molecular flexibility index (Phi) is 16.3. The molecular formula is C21H42O2. The molecule has 0 fully saturated rings. The number of rotatable bonds is 18. The molecule has 0 saturated heterocycles. The van der Waals surface area contributed by atoms with Crippen LogP contribution in [-0.4, -0.2) is 25.9 Å². The van der Waals surface area contributed by atoms with Gasteiger partial charge in [-0.15, -0.1) is 6.58 Å². The zero-order chi connectivity index (χ0) is 17.2. The minimum Gasteiger partial charge on any atom is -0.376 e. The average Bonchev–Trinajstić information content (AvgIpc) is 2.58. The van der Waals surface area contributed by atoms with Crippen LogP contribution in [0.1, 0.15) is 97.3 Å². The number of ether oxygens (including phenoxy) is 2. The Balaban J connectivity index is 3.57. The van der Waals surface area contributed by atoms with Gasteiger partial charge in [-0.1, -0.05) is 90.6 Å². The van der Waals surface area contributed by atoms with Crippen LogP contribution >= 0.6 is 0 Å². The largest absolute Gasteiger partial charge is 0.376 e. The number of unbranched alkanes of at least 4 members (excludes halogenated alkanes) is 10. The molecule has 1 unspecified atom stereocenters. The first-order chi connectivity index (χ1) is 11.2. The highest BCUT2D eigenvalue weighted by atomic mass is 16.5. The van der Waals surface area contributed by atoms with E-state index < -0.39 is 0 Å². The maximum absolute atomic E-state index is 5.77. The highest BCUT2D eigenvalue weighted by Gasteiger charge is 2.27. The van der Waals surface area contributed by atoms with Crippen molar-refractivity contribution in [2.75, 3.05) is 20.3 Å². The Morgan fingerprint density at radius 1 is 0.826 bits per heavy atom. The molecule has 0 heterocycles. The van der Waals surface area contributed by atoms with Crippen LogP contribution in [0.2, 0.25) is 0 Å². The molecule has 0 aromatic rings. The van der Waals surface area contributed by atoms with Gasteiger partial charge in [-0.25, -0.2) is 0 Å². The highest BCUT2D eigenvalue weighted by molar-refractivity contribution is 4.79. The standard InChI is InChI=1S/C21H42O2/c1-5-8-9-10-11-12-13-14-15-16-17-18-21(7-3,22-4)20-23-19-6-2/h6H,2,5,7-20H2,1,3-4H3. The predicted octanol–water partition coefficient (Wildman–Crippen LogP) is 6.69. The smallest absolute Gasteiger partial charge is 0.0908 e. The Hall–Kier alpha value is -0.340. The van der Waals surface area contributed by atoms with E-state index in [0.717, 1.165) is 12.8 Å². The Morgan fingerprint density at radius 3 is 1.78 bits per heavy atom. The highest BCUT2D eigenvalue weighted by Crippen LogP contribution is 2.24. The molecule has 0 aromatic carbocycles. The summed E-state index contributed by atoms with van der Waals surface area (Å²) >= 11 is 0.